The summed E-state index contributed by atoms with van der Waals surface area (Å²) in [5.74, 6) is 0.245. The van der Waals surface area contributed by atoms with E-state index in [2.05, 4.69) is 38.0 Å². The van der Waals surface area contributed by atoms with Crippen LogP contribution in [0.3, 0.4) is 0 Å². The van der Waals surface area contributed by atoms with Gasteiger partial charge in [0.15, 0.2) is 0 Å². The summed E-state index contributed by atoms with van der Waals surface area (Å²) in [4.78, 5) is 30.1. The van der Waals surface area contributed by atoms with Gasteiger partial charge >= 0.3 is 0 Å². The Balaban J connectivity index is 1.67. The van der Waals surface area contributed by atoms with E-state index >= 15 is 0 Å². The Kier molecular flexibility index (Phi) is 5.16. The van der Waals surface area contributed by atoms with E-state index in [0.29, 0.717) is 11.1 Å². The molecule has 2 aromatic heterocycles. The first-order valence-corrected chi connectivity index (χ1v) is 10.2. The lowest BCUT2D eigenvalue weighted by Crippen LogP contribution is -2.28. The molecule has 0 bridgehead atoms. The number of nitrogens with one attached hydrogen (secondary N) is 1. The number of nitrogens with zero attached hydrogens (tertiary/aromatic N) is 2. The summed E-state index contributed by atoms with van der Waals surface area (Å²) in [6.07, 6.45) is 1.41. The maximum atomic E-state index is 12.9. The fourth-order valence-electron chi connectivity index (χ4n) is 3.76. The van der Waals surface area contributed by atoms with E-state index in [-0.39, 0.29) is 35.4 Å². The Labute approximate surface area is 174 Å². The Morgan fingerprint density at radius 2 is 1.70 bits per heavy atom. The molecule has 154 valence electrons. The zero-order chi connectivity index (χ0) is 21.4. The normalized spacial score (nSPS) is 11.7. The van der Waals surface area contributed by atoms with Crippen LogP contribution in [0.15, 0.2) is 58.0 Å². The first kappa shape index (κ1) is 19.9. The average Bonchev–Trinajstić information content (AvgIpc) is 3.09. The summed E-state index contributed by atoms with van der Waals surface area (Å²) in [5, 5.41) is 3.82. The zero-order valence-corrected chi connectivity index (χ0v) is 17.6. The van der Waals surface area contributed by atoms with Gasteiger partial charge in [0.25, 0.3) is 5.56 Å². The van der Waals surface area contributed by atoms with Crippen LogP contribution < -0.4 is 10.9 Å². The second-order valence-corrected chi connectivity index (χ2v) is 8.12. The summed E-state index contributed by atoms with van der Waals surface area (Å²) < 4.78 is 6.98. The van der Waals surface area contributed by atoms with Crippen LogP contribution >= 0.6 is 0 Å². The number of anilines is 1. The minimum atomic E-state index is -0.368. The van der Waals surface area contributed by atoms with Crippen LogP contribution in [0.25, 0.3) is 22.1 Å². The van der Waals surface area contributed by atoms with Crippen molar-refractivity contribution in [2.75, 3.05) is 5.32 Å². The molecule has 2 heterocycles. The molecule has 0 saturated carbocycles. The Bertz CT molecular complexity index is 1270. The summed E-state index contributed by atoms with van der Waals surface area (Å²) in [5.41, 5.74) is 3.90. The maximum absolute atomic E-state index is 12.9. The zero-order valence-electron chi connectivity index (χ0n) is 17.6. The van der Waals surface area contributed by atoms with Gasteiger partial charge in [-0.3, -0.25) is 14.2 Å². The molecular weight excluding hydrogens is 378 g/mol. The van der Waals surface area contributed by atoms with Crippen molar-refractivity contribution in [2.45, 2.75) is 46.1 Å². The highest BCUT2D eigenvalue weighted by Gasteiger charge is 2.18. The molecular formula is C24H25N3O3. The molecule has 4 aromatic rings. The molecule has 0 atom stereocenters. The molecule has 0 aliphatic heterocycles. The smallest absolute Gasteiger partial charge is 0.297 e. The molecule has 0 fully saturated rings. The predicted molar refractivity (Wildman–Crippen MR) is 119 cm³/mol. The molecule has 2 aromatic carbocycles. The van der Waals surface area contributed by atoms with Crippen molar-refractivity contribution < 1.29 is 9.21 Å². The van der Waals surface area contributed by atoms with E-state index in [1.807, 2.05) is 36.4 Å². The number of hydrogen-bond donors (Lipinski definition) is 1. The van der Waals surface area contributed by atoms with Crippen molar-refractivity contribution in [3.63, 3.8) is 0 Å². The van der Waals surface area contributed by atoms with Gasteiger partial charge in [-0.1, -0.05) is 58.0 Å². The van der Waals surface area contributed by atoms with Crippen molar-refractivity contribution >= 4 is 33.7 Å². The second kappa shape index (κ2) is 7.78. The monoisotopic (exact) mass is 403 g/mol. The number of rotatable bonds is 5. The fraction of sp³-hybridized carbons (Fsp3) is 0.292. The molecule has 0 aliphatic carbocycles. The molecule has 6 heteroatoms. The van der Waals surface area contributed by atoms with Gasteiger partial charge in [0, 0.05) is 11.1 Å². The third-order valence-corrected chi connectivity index (χ3v) is 5.30. The van der Waals surface area contributed by atoms with Crippen LogP contribution in [-0.4, -0.2) is 15.5 Å². The molecule has 1 amide bonds. The number of para-hydroxylation sites is 2. The van der Waals surface area contributed by atoms with Crippen LogP contribution in [0, 0.1) is 0 Å². The minimum absolute atomic E-state index is 0.136. The number of fused-ring (bicyclic) bond motifs is 3. The van der Waals surface area contributed by atoms with E-state index in [1.54, 1.807) is 6.07 Å². The van der Waals surface area contributed by atoms with Gasteiger partial charge in [0.2, 0.25) is 11.5 Å². The van der Waals surface area contributed by atoms with Crippen LogP contribution in [0.4, 0.5) is 5.69 Å². The van der Waals surface area contributed by atoms with Crippen molar-refractivity contribution in [3.05, 3.63) is 70.3 Å². The Morgan fingerprint density at radius 1 is 1.03 bits per heavy atom. The Morgan fingerprint density at radius 3 is 2.37 bits per heavy atom. The molecule has 0 aliphatic rings. The Hall–Kier alpha value is -3.41. The maximum Gasteiger partial charge on any atom is 0.297 e. The second-order valence-electron chi connectivity index (χ2n) is 8.12. The number of hydrogen-bond acceptors (Lipinski definition) is 4. The molecule has 0 unspecified atom stereocenters. The van der Waals surface area contributed by atoms with E-state index in [1.165, 1.54) is 10.9 Å². The summed E-state index contributed by atoms with van der Waals surface area (Å²) >= 11 is 0. The van der Waals surface area contributed by atoms with Crippen LogP contribution in [0.5, 0.6) is 0 Å². The van der Waals surface area contributed by atoms with Crippen LogP contribution in [0.1, 0.15) is 50.7 Å². The third kappa shape index (κ3) is 3.49. The molecule has 0 spiro atoms. The predicted octanol–water partition coefficient (Wildman–Crippen LogP) is 5.03. The first-order chi connectivity index (χ1) is 14.4. The van der Waals surface area contributed by atoms with Gasteiger partial charge < -0.3 is 9.73 Å². The van der Waals surface area contributed by atoms with Gasteiger partial charge in [-0.05, 0) is 35.1 Å². The SMILES string of the molecule is CC(C)c1cccc(C(C)C)c1NC(=O)Cn1cnc2c(oc3ccccc32)c1=O. The van der Waals surface area contributed by atoms with Crippen LogP contribution in [-0.2, 0) is 11.3 Å². The molecule has 6 nitrogen and oxygen atoms in total. The van der Waals surface area contributed by atoms with Gasteiger partial charge in [-0.2, -0.15) is 0 Å². The molecule has 1 N–H and O–H groups in total. The van der Waals surface area contributed by atoms with Gasteiger partial charge in [-0.15, -0.1) is 0 Å². The molecule has 30 heavy (non-hydrogen) atoms. The number of benzene rings is 2. The standard InChI is InChI=1S/C24H25N3O3/c1-14(2)16-9-7-10-17(15(3)4)21(16)26-20(28)12-27-13-25-22-18-8-5-6-11-19(18)30-23(22)24(27)29/h5-11,13-15H,12H2,1-4H3,(H,26,28). The van der Waals surface area contributed by atoms with Crippen molar-refractivity contribution in [1.29, 1.82) is 0 Å². The number of carbonyl (C=O) groups excluding carboxylic acids is 1. The summed E-state index contributed by atoms with van der Waals surface area (Å²) in [7, 11) is 0. The van der Waals surface area contributed by atoms with Gasteiger partial charge in [0.05, 0.1) is 6.33 Å². The minimum Gasteiger partial charge on any atom is -0.448 e. The highest BCUT2D eigenvalue weighted by Crippen LogP contribution is 2.32. The quantitative estimate of drug-likeness (QED) is 0.507. The lowest BCUT2D eigenvalue weighted by atomic mass is 9.92. The van der Waals surface area contributed by atoms with Crippen molar-refractivity contribution in [1.82, 2.24) is 9.55 Å². The lowest BCUT2D eigenvalue weighted by molar-refractivity contribution is -0.116. The number of furan rings is 1. The van der Waals surface area contributed by atoms with E-state index in [4.69, 9.17) is 4.42 Å². The van der Waals surface area contributed by atoms with E-state index in [0.717, 1.165) is 22.2 Å². The largest absolute Gasteiger partial charge is 0.448 e. The van der Waals surface area contributed by atoms with Gasteiger partial charge in [0.1, 0.15) is 17.6 Å². The topological polar surface area (TPSA) is 77.1 Å². The van der Waals surface area contributed by atoms with E-state index < -0.39 is 0 Å². The fourth-order valence-corrected chi connectivity index (χ4v) is 3.76. The van der Waals surface area contributed by atoms with Crippen LogP contribution in [0.2, 0.25) is 0 Å². The van der Waals surface area contributed by atoms with Crippen molar-refractivity contribution in [2.24, 2.45) is 0 Å². The molecule has 4 rings (SSSR count). The van der Waals surface area contributed by atoms with Crippen molar-refractivity contribution in [3.8, 4) is 0 Å². The average molecular weight is 403 g/mol. The third-order valence-electron chi connectivity index (χ3n) is 5.30. The molecule has 0 radical (unpaired) electrons. The number of carbonyl (C=O) groups is 1. The lowest BCUT2D eigenvalue weighted by Gasteiger charge is -2.20. The van der Waals surface area contributed by atoms with E-state index in [9.17, 15) is 9.59 Å². The van der Waals surface area contributed by atoms with Gasteiger partial charge in [-0.25, -0.2) is 4.98 Å². The summed E-state index contributed by atoms with van der Waals surface area (Å²) in [6, 6.07) is 13.4. The highest BCUT2D eigenvalue weighted by atomic mass is 16.3. The first-order valence-electron chi connectivity index (χ1n) is 10.2. The number of aromatic nitrogens is 2. The summed E-state index contributed by atoms with van der Waals surface area (Å²) in [6.45, 7) is 8.25. The molecule has 0 saturated heterocycles. The number of amides is 1. The highest BCUT2D eigenvalue weighted by molar-refractivity contribution is 6.01.